The average Bonchev–Trinajstić information content (AvgIpc) is 3.98. The van der Waals surface area contributed by atoms with Gasteiger partial charge in [0.1, 0.15) is 11.2 Å². The third-order valence-corrected chi connectivity index (χ3v) is 13.8. The number of nitrogens with zero attached hydrogens (tertiary/aromatic N) is 2. The van der Waals surface area contributed by atoms with Crippen molar-refractivity contribution in [1.82, 2.24) is 4.57 Å². The molecule has 0 unspecified atom stereocenters. The van der Waals surface area contributed by atoms with Crippen molar-refractivity contribution in [2.45, 2.75) is 19.3 Å². The Kier molecular flexibility index (Phi) is 7.95. The molecule has 3 heteroatoms. The normalized spacial score (nSPS) is 13.0. The number of benzene rings is 10. The van der Waals surface area contributed by atoms with Gasteiger partial charge in [-0.3, -0.25) is 0 Å². The smallest absolute Gasteiger partial charge is 0.145 e. The summed E-state index contributed by atoms with van der Waals surface area (Å²) in [5.74, 6) is 0. The molecular formula is C61H42N2O. The van der Waals surface area contributed by atoms with Crippen molar-refractivity contribution in [1.29, 1.82) is 0 Å². The minimum Gasteiger partial charge on any atom is -0.455 e. The summed E-state index contributed by atoms with van der Waals surface area (Å²) in [7, 11) is 0. The van der Waals surface area contributed by atoms with Crippen LogP contribution < -0.4 is 4.90 Å². The van der Waals surface area contributed by atoms with E-state index in [0.717, 1.165) is 61.4 Å². The highest BCUT2D eigenvalue weighted by Crippen LogP contribution is 2.52. The zero-order valence-electron chi connectivity index (χ0n) is 35.6. The first-order valence-corrected chi connectivity index (χ1v) is 22.2. The van der Waals surface area contributed by atoms with Crippen LogP contribution in [-0.4, -0.2) is 4.57 Å². The average molecular weight is 819 g/mol. The quantitative estimate of drug-likeness (QED) is 0.167. The fourth-order valence-electron chi connectivity index (χ4n) is 10.8. The molecule has 0 saturated heterocycles. The molecule has 13 rings (SSSR count). The Balaban J connectivity index is 1.04. The van der Waals surface area contributed by atoms with E-state index in [0.29, 0.717) is 0 Å². The molecule has 3 nitrogen and oxygen atoms in total. The number of furan rings is 1. The molecule has 0 saturated carbocycles. The van der Waals surface area contributed by atoms with Gasteiger partial charge in [0.25, 0.3) is 0 Å². The van der Waals surface area contributed by atoms with E-state index in [1.165, 1.54) is 60.4 Å². The molecule has 64 heavy (non-hydrogen) atoms. The fraction of sp³-hybridized carbons (Fsp3) is 0.0492. The SMILES string of the molecule is CC1(C)c2ccccc2-c2cc(-c3ccccc3N(c3ccc4ccccc4c3)c3ccc(-c4cccc(-n5c6ccccc6c6ccccc65)c4)c4oc5ccccc5c34)ccc21. The molecule has 0 aliphatic heterocycles. The van der Waals surface area contributed by atoms with Crippen LogP contribution in [0.25, 0.3) is 93.6 Å². The molecule has 2 aromatic heterocycles. The lowest BCUT2D eigenvalue weighted by atomic mass is 9.82. The van der Waals surface area contributed by atoms with Crippen LogP contribution in [0.15, 0.2) is 223 Å². The lowest BCUT2D eigenvalue weighted by Gasteiger charge is -2.29. The molecule has 0 spiro atoms. The lowest BCUT2D eigenvalue weighted by Crippen LogP contribution is -2.14. The number of anilines is 3. The summed E-state index contributed by atoms with van der Waals surface area (Å²) in [4.78, 5) is 2.45. The maximum atomic E-state index is 7.03. The summed E-state index contributed by atoms with van der Waals surface area (Å²) in [6, 6.07) is 79.6. The van der Waals surface area contributed by atoms with E-state index in [4.69, 9.17) is 4.42 Å². The van der Waals surface area contributed by atoms with Crippen LogP contribution in [0.3, 0.4) is 0 Å². The van der Waals surface area contributed by atoms with Crippen molar-refractivity contribution in [3.8, 4) is 39.1 Å². The highest BCUT2D eigenvalue weighted by molar-refractivity contribution is 6.18. The molecule has 1 aliphatic rings. The predicted octanol–water partition coefficient (Wildman–Crippen LogP) is 16.9. The van der Waals surface area contributed by atoms with Crippen LogP contribution in [0.1, 0.15) is 25.0 Å². The lowest BCUT2D eigenvalue weighted by molar-refractivity contribution is 0.660. The molecular weight excluding hydrogens is 777 g/mol. The van der Waals surface area contributed by atoms with Gasteiger partial charge in [0.15, 0.2) is 0 Å². The van der Waals surface area contributed by atoms with E-state index in [1.54, 1.807) is 0 Å². The van der Waals surface area contributed by atoms with Crippen molar-refractivity contribution in [2.75, 3.05) is 4.90 Å². The number of hydrogen-bond donors (Lipinski definition) is 0. The van der Waals surface area contributed by atoms with Gasteiger partial charge in [0, 0.05) is 44.1 Å². The summed E-state index contributed by atoms with van der Waals surface area (Å²) in [5, 5.41) is 7.03. The van der Waals surface area contributed by atoms with Gasteiger partial charge in [0.2, 0.25) is 0 Å². The zero-order valence-corrected chi connectivity index (χ0v) is 35.6. The monoisotopic (exact) mass is 818 g/mol. The second-order valence-electron chi connectivity index (χ2n) is 17.7. The van der Waals surface area contributed by atoms with E-state index >= 15 is 0 Å². The van der Waals surface area contributed by atoms with E-state index in [9.17, 15) is 0 Å². The predicted molar refractivity (Wildman–Crippen MR) is 269 cm³/mol. The zero-order chi connectivity index (χ0) is 42.5. The van der Waals surface area contributed by atoms with Crippen LogP contribution in [0.5, 0.6) is 0 Å². The summed E-state index contributed by atoms with van der Waals surface area (Å²) < 4.78 is 9.41. The third kappa shape index (κ3) is 5.41. The molecule has 0 bridgehead atoms. The van der Waals surface area contributed by atoms with E-state index < -0.39 is 0 Å². The van der Waals surface area contributed by atoms with Gasteiger partial charge < -0.3 is 13.9 Å². The van der Waals surface area contributed by atoms with Gasteiger partial charge in [-0.05, 0) is 111 Å². The van der Waals surface area contributed by atoms with Crippen LogP contribution in [0.2, 0.25) is 0 Å². The van der Waals surface area contributed by atoms with Gasteiger partial charge in [-0.15, -0.1) is 0 Å². The number of hydrogen-bond acceptors (Lipinski definition) is 2. The minimum absolute atomic E-state index is 0.0697. The molecule has 10 aromatic carbocycles. The molecule has 0 atom stereocenters. The molecule has 0 amide bonds. The van der Waals surface area contributed by atoms with Gasteiger partial charge >= 0.3 is 0 Å². The van der Waals surface area contributed by atoms with Gasteiger partial charge in [0.05, 0.1) is 27.8 Å². The van der Waals surface area contributed by atoms with Gasteiger partial charge in [-0.25, -0.2) is 0 Å². The van der Waals surface area contributed by atoms with Crippen molar-refractivity contribution in [2.24, 2.45) is 0 Å². The Morgan fingerprint density at radius 2 is 1.08 bits per heavy atom. The Morgan fingerprint density at radius 1 is 0.422 bits per heavy atom. The van der Waals surface area contributed by atoms with Crippen molar-refractivity contribution >= 4 is 71.6 Å². The molecule has 12 aromatic rings. The Bertz CT molecular complexity index is 3790. The van der Waals surface area contributed by atoms with Crippen molar-refractivity contribution in [3.63, 3.8) is 0 Å². The first kappa shape index (κ1) is 36.5. The van der Waals surface area contributed by atoms with Crippen LogP contribution in [0, 0.1) is 0 Å². The fourth-order valence-corrected chi connectivity index (χ4v) is 10.8. The molecule has 1 aliphatic carbocycles. The Hall–Kier alpha value is -8.14. The van der Waals surface area contributed by atoms with Crippen molar-refractivity contribution in [3.05, 3.63) is 230 Å². The highest BCUT2D eigenvalue weighted by Gasteiger charge is 2.35. The van der Waals surface area contributed by atoms with Crippen LogP contribution >= 0.6 is 0 Å². The molecule has 2 heterocycles. The highest BCUT2D eigenvalue weighted by atomic mass is 16.3. The molecule has 302 valence electrons. The Labute approximate surface area is 371 Å². The summed E-state index contributed by atoms with van der Waals surface area (Å²) in [5.41, 5.74) is 18.2. The number of rotatable bonds is 6. The number of aromatic nitrogens is 1. The van der Waals surface area contributed by atoms with E-state index in [-0.39, 0.29) is 5.41 Å². The first-order valence-electron chi connectivity index (χ1n) is 22.2. The second kappa shape index (κ2) is 13.9. The summed E-state index contributed by atoms with van der Waals surface area (Å²) in [6.07, 6.45) is 0. The van der Waals surface area contributed by atoms with Gasteiger partial charge in [-0.2, -0.15) is 0 Å². The van der Waals surface area contributed by atoms with Gasteiger partial charge in [-0.1, -0.05) is 166 Å². The third-order valence-electron chi connectivity index (χ3n) is 13.8. The van der Waals surface area contributed by atoms with E-state index in [2.05, 4.69) is 242 Å². The van der Waals surface area contributed by atoms with Crippen LogP contribution in [-0.2, 0) is 5.41 Å². The second-order valence-corrected chi connectivity index (χ2v) is 17.7. The van der Waals surface area contributed by atoms with Crippen molar-refractivity contribution < 1.29 is 4.42 Å². The number of para-hydroxylation sites is 4. The Morgan fingerprint density at radius 3 is 1.91 bits per heavy atom. The molecule has 0 radical (unpaired) electrons. The van der Waals surface area contributed by atoms with Crippen LogP contribution in [0.4, 0.5) is 17.1 Å². The minimum atomic E-state index is -0.0697. The maximum Gasteiger partial charge on any atom is 0.145 e. The first-order chi connectivity index (χ1) is 31.5. The summed E-state index contributed by atoms with van der Waals surface area (Å²) >= 11 is 0. The number of fused-ring (bicyclic) bond motifs is 10. The largest absolute Gasteiger partial charge is 0.455 e. The molecule has 0 fully saturated rings. The molecule has 0 N–H and O–H groups in total. The standard InChI is InChI=1S/C61H42N2O/c1-61(2)52-25-10-5-21-47(52)51-38-42(31-34-53(51)61)45-20-6-11-26-54(45)63(44-32-30-39-16-3-4-17-40(39)36-44)57-35-33-46(60-59(57)50-24-9-14-29-58(50)64-60)41-18-15-19-43(37-41)62-55-27-12-7-22-48(55)49-23-8-13-28-56(49)62/h3-38H,1-2H3. The van der Waals surface area contributed by atoms with E-state index in [1.807, 2.05) is 0 Å². The summed E-state index contributed by atoms with van der Waals surface area (Å²) in [6.45, 7) is 4.69. The topological polar surface area (TPSA) is 21.3 Å². The maximum absolute atomic E-state index is 7.03.